The minimum Gasteiger partial charge on any atom is -0.469 e. The van der Waals surface area contributed by atoms with Crippen molar-refractivity contribution in [3.05, 3.63) is 69.8 Å². The van der Waals surface area contributed by atoms with Crippen molar-refractivity contribution in [3.63, 3.8) is 0 Å². The van der Waals surface area contributed by atoms with Crippen LogP contribution in [0.4, 0.5) is 0 Å². The topological polar surface area (TPSA) is 66.2 Å². The van der Waals surface area contributed by atoms with Crippen LogP contribution in [-0.2, 0) is 27.4 Å². The highest BCUT2D eigenvalue weighted by molar-refractivity contribution is 9.10. The van der Waals surface area contributed by atoms with Crippen molar-refractivity contribution >= 4 is 30.0 Å². The van der Waals surface area contributed by atoms with E-state index >= 15 is 0 Å². The summed E-state index contributed by atoms with van der Waals surface area (Å²) in [5.41, 5.74) is 5.37. The highest BCUT2D eigenvalue weighted by atomic mass is 79.9. The van der Waals surface area contributed by atoms with Crippen LogP contribution in [0.5, 0.6) is 0 Å². The van der Waals surface area contributed by atoms with Crippen molar-refractivity contribution in [2.75, 3.05) is 13.7 Å². The average Bonchev–Trinajstić information content (AvgIpc) is 3.37. The fourth-order valence-electron chi connectivity index (χ4n) is 4.57. The lowest BCUT2D eigenvalue weighted by Gasteiger charge is -2.19. The number of halogens is 1. The van der Waals surface area contributed by atoms with Gasteiger partial charge in [0.25, 0.3) is 0 Å². The van der Waals surface area contributed by atoms with Crippen LogP contribution in [0.2, 0.25) is 25.7 Å². The molecule has 35 heavy (non-hydrogen) atoms. The molecule has 0 N–H and O–H groups in total. The quantitative estimate of drug-likeness (QED) is 0.174. The summed E-state index contributed by atoms with van der Waals surface area (Å²) in [7, 11) is 0.228. The summed E-state index contributed by atoms with van der Waals surface area (Å²) in [5.74, 6) is 1.29. The molecule has 8 heteroatoms. The van der Waals surface area contributed by atoms with Gasteiger partial charge in [0.15, 0.2) is 0 Å². The Morgan fingerprint density at radius 3 is 2.60 bits per heavy atom. The number of imidazole rings is 1. The van der Waals surface area contributed by atoms with E-state index in [0.717, 1.165) is 51.9 Å². The Labute approximate surface area is 217 Å². The number of pyridine rings is 1. The van der Waals surface area contributed by atoms with Gasteiger partial charge in [0.2, 0.25) is 0 Å². The SMILES string of the molecule is COC(=O)Cc1ccc(-c2cnc(C3CC(C)c4cc(Br)cnc43)n2COCC[Si](C)(C)C)cc1. The molecule has 0 saturated heterocycles. The molecule has 2 atom stereocenters. The molecule has 4 rings (SSSR count). The first-order valence-electron chi connectivity index (χ1n) is 12.1. The van der Waals surface area contributed by atoms with Crippen LogP contribution in [0.15, 0.2) is 47.2 Å². The molecule has 0 fully saturated rings. The number of benzene rings is 1. The molecule has 186 valence electrons. The van der Waals surface area contributed by atoms with Gasteiger partial charge in [-0.3, -0.25) is 9.78 Å². The Morgan fingerprint density at radius 2 is 1.91 bits per heavy atom. The Kier molecular flexibility index (Phi) is 7.93. The van der Waals surface area contributed by atoms with Crippen molar-refractivity contribution in [2.24, 2.45) is 0 Å². The molecule has 0 amide bonds. The number of rotatable bonds is 9. The Morgan fingerprint density at radius 1 is 1.17 bits per heavy atom. The van der Waals surface area contributed by atoms with E-state index in [1.165, 1.54) is 12.7 Å². The number of esters is 1. The van der Waals surface area contributed by atoms with Crippen LogP contribution in [0.1, 0.15) is 47.8 Å². The molecule has 1 aliphatic rings. The first kappa shape index (κ1) is 25.8. The number of hydrogen-bond donors (Lipinski definition) is 0. The summed E-state index contributed by atoms with van der Waals surface area (Å²) in [5, 5.41) is 0. The highest BCUT2D eigenvalue weighted by Crippen LogP contribution is 2.45. The van der Waals surface area contributed by atoms with Crippen LogP contribution >= 0.6 is 15.9 Å². The molecule has 2 aromatic heterocycles. The third-order valence-corrected chi connectivity index (χ3v) is 8.74. The first-order valence-corrected chi connectivity index (χ1v) is 16.6. The lowest BCUT2D eigenvalue weighted by Crippen LogP contribution is -2.22. The van der Waals surface area contributed by atoms with Gasteiger partial charge >= 0.3 is 5.97 Å². The standard InChI is InChI=1S/C27H34BrN3O3Si/c1-18-12-23(26-22(18)14-21(28)15-29-26)27-30-16-24(31(27)17-34-10-11-35(3,4)5)20-8-6-19(7-9-20)13-25(32)33-2/h6-9,14-16,18,23H,10-13,17H2,1-5H3. The fraction of sp³-hybridized carbons (Fsp3) is 0.444. The summed E-state index contributed by atoms with van der Waals surface area (Å²) in [6.45, 7) is 10.5. The third-order valence-electron chi connectivity index (χ3n) is 6.61. The predicted molar refractivity (Wildman–Crippen MR) is 144 cm³/mol. The molecule has 0 aliphatic heterocycles. The molecule has 0 bridgehead atoms. The monoisotopic (exact) mass is 555 g/mol. The number of aromatic nitrogens is 3. The van der Waals surface area contributed by atoms with E-state index in [9.17, 15) is 4.79 Å². The molecule has 0 spiro atoms. The highest BCUT2D eigenvalue weighted by Gasteiger charge is 2.34. The van der Waals surface area contributed by atoms with Gasteiger partial charge in [0.05, 0.1) is 37.0 Å². The van der Waals surface area contributed by atoms with Crippen molar-refractivity contribution in [2.45, 2.75) is 64.0 Å². The second-order valence-corrected chi connectivity index (χ2v) is 17.1. The molecule has 1 aromatic carbocycles. The summed E-state index contributed by atoms with van der Waals surface area (Å²) in [6, 6.07) is 11.3. The molecular weight excluding hydrogens is 522 g/mol. The van der Waals surface area contributed by atoms with Crippen LogP contribution in [0.25, 0.3) is 11.3 Å². The molecule has 2 unspecified atom stereocenters. The number of hydrogen-bond acceptors (Lipinski definition) is 5. The maximum Gasteiger partial charge on any atom is 0.309 e. The molecule has 3 aromatic rings. The third kappa shape index (κ3) is 6.10. The van der Waals surface area contributed by atoms with Gasteiger partial charge < -0.3 is 14.0 Å². The van der Waals surface area contributed by atoms with Crippen molar-refractivity contribution in [3.8, 4) is 11.3 Å². The number of methoxy groups -OCH3 is 1. The lowest BCUT2D eigenvalue weighted by molar-refractivity contribution is -0.139. The molecule has 6 nitrogen and oxygen atoms in total. The zero-order valence-corrected chi connectivity index (χ0v) is 23.8. The maximum atomic E-state index is 11.6. The number of carbonyl (C=O) groups excluding carboxylic acids is 1. The zero-order chi connectivity index (χ0) is 25.2. The second-order valence-electron chi connectivity index (χ2n) is 10.5. The van der Waals surface area contributed by atoms with Gasteiger partial charge in [0, 0.05) is 25.4 Å². The zero-order valence-electron chi connectivity index (χ0n) is 21.2. The smallest absolute Gasteiger partial charge is 0.309 e. The predicted octanol–water partition coefficient (Wildman–Crippen LogP) is 6.37. The molecule has 0 saturated carbocycles. The lowest BCUT2D eigenvalue weighted by atomic mass is 10.0. The van der Waals surface area contributed by atoms with Crippen molar-refractivity contribution in [1.82, 2.24) is 14.5 Å². The van der Waals surface area contributed by atoms with Crippen molar-refractivity contribution in [1.29, 1.82) is 0 Å². The Bertz CT molecular complexity index is 1190. The largest absolute Gasteiger partial charge is 0.469 e. The first-order chi connectivity index (χ1) is 16.7. The van der Waals surface area contributed by atoms with Gasteiger partial charge in [-0.1, -0.05) is 50.8 Å². The molecule has 1 aliphatic carbocycles. The van der Waals surface area contributed by atoms with Gasteiger partial charge in [-0.25, -0.2) is 4.98 Å². The summed E-state index contributed by atoms with van der Waals surface area (Å²) in [6.07, 6.45) is 5.05. The molecule has 0 radical (unpaired) electrons. The van der Waals surface area contributed by atoms with Crippen LogP contribution < -0.4 is 0 Å². The van der Waals surface area contributed by atoms with Gasteiger partial charge in [0.1, 0.15) is 12.6 Å². The number of fused-ring (bicyclic) bond motifs is 1. The minimum atomic E-state index is -1.18. The molecular formula is C27H34BrN3O3Si. The fourth-order valence-corrected chi connectivity index (χ4v) is 5.68. The van der Waals surface area contributed by atoms with E-state index in [1.54, 1.807) is 0 Å². The molecule has 2 heterocycles. The maximum absolute atomic E-state index is 11.6. The average molecular weight is 557 g/mol. The van der Waals surface area contributed by atoms with Gasteiger partial charge in [-0.05, 0) is 57.1 Å². The van der Waals surface area contributed by atoms with E-state index < -0.39 is 8.07 Å². The number of ether oxygens (including phenoxy) is 2. The van der Waals surface area contributed by atoms with E-state index in [2.05, 4.69) is 53.1 Å². The number of carbonyl (C=O) groups is 1. The van der Waals surface area contributed by atoms with Crippen molar-refractivity contribution < 1.29 is 14.3 Å². The van der Waals surface area contributed by atoms with E-state index in [0.29, 0.717) is 12.6 Å². The van der Waals surface area contributed by atoms with E-state index in [4.69, 9.17) is 19.4 Å². The second kappa shape index (κ2) is 10.8. The van der Waals surface area contributed by atoms with Gasteiger partial charge in [-0.2, -0.15) is 0 Å². The summed E-state index contributed by atoms with van der Waals surface area (Å²) in [4.78, 5) is 21.3. The normalized spacial score (nSPS) is 17.4. The Balaban J connectivity index is 1.66. The van der Waals surface area contributed by atoms with Crippen LogP contribution in [0.3, 0.4) is 0 Å². The number of nitrogens with zero attached hydrogens (tertiary/aromatic N) is 3. The minimum absolute atomic E-state index is 0.126. The summed E-state index contributed by atoms with van der Waals surface area (Å²) < 4.78 is 14.2. The van der Waals surface area contributed by atoms with Gasteiger partial charge in [-0.15, -0.1) is 0 Å². The summed E-state index contributed by atoms with van der Waals surface area (Å²) >= 11 is 3.57. The Hall–Kier alpha value is -2.29. The van der Waals surface area contributed by atoms with Crippen LogP contribution in [0, 0.1) is 0 Å². The van der Waals surface area contributed by atoms with E-state index in [1.807, 2.05) is 36.7 Å². The van der Waals surface area contributed by atoms with E-state index in [-0.39, 0.29) is 18.3 Å². The van der Waals surface area contributed by atoms with Crippen LogP contribution in [-0.4, -0.2) is 42.3 Å².